The molecule has 7 nitrogen and oxygen atoms in total. The zero-order chi connectivity index (χ0) is 18.4. The SMILES string of the molecule is O=C(Cc1nc(-c2ccccc2)cs1)N/N=C\c1ccccc1[N+](=O)[O-]. The van der Waals surface area contributed by atoms with Gasteiger partial charge in [0.05, 0.1) is 28.8 Å². The molecule has 130 valence electrons. The molecule has 8 heteroatoms. The summed E-state index contributed by atoms with van der Waals surface area (Å²) in [6, 6.07) is 15.9. The third-order valence-electron chi connectivity index (χ3n) is 3.46. The van der Waals surface area contributed by atoms with E-state index >= 15 is 0 Å². The van der Waals surface area contributed by atoms with Crippen molar-refractivity contribution in [3.63, 3.8) is 0 Å². The Morgan fingerprint density at radius 2 is 1.92 bits per heavy atom. The van der Waals surface area contributed by atoms with E-state index in [1.807, 2.05) is 35.7 Å². The average Bonchev–Trinajstić information content (AvgIpc) is 3.11. The van der Waals surface area contributed by atoms with Crippen molar-refractivity contribution in [3.05, 3.63) is 80.7 Å². The van der Waals surface area contributed by atoms with E-state index in [2.05, 4.69) is 15.5 Å². The van der Waals surface area contributed by atoms with Gasteiger partial charge in [-0.15, -0.1) is 11.3 Å². The lowest BCUT2D eigenvalue weighted by atomic mass is 10.2. The largest absolute Gasteiger partial charge is 0.278 e. The van der Waals surface area contributed by atoms with Gasteiger partial charge in [0, 0.05) is 17.0 Å². The predicted octanol–water partition coefficient (Wildman–Crippen LogP) is 3.41. The number of nitrogens with one attached hydrogen (secondary N) is 1. The molecule has 1 aromatic heterocycles. The summed E-state index contributed by atoms with van der Waals surface area (Å²) in [4.78, 5) is 26.8. The molecule has 0 unspecified atom stereocenters. The molecule has 0 aliphatic rings. The highest BCUT2D eigenvalue weighted by Crippen LogP contribution is 2.21. The van der Waals surface area contributed by atoms with Crippen LogP contribution in [0, 0.1) is 10.1 Å². The molecule has 26 heavy (non-hydrogen) atoms. The maximum atomic E-state index is 12.0. The molecular formula is C18H14N4O3S. The summed E-state index contributed by atoms with van der Waals surface area (Å²) >= 11 is 1.40. The van der Waals surface area contributed by atoms with Crippen LogP contribution in [0.15, 0.2) is 65.1 Å². The quantitative estimate of drug-likeness (QED) is 0.411. The van der Waals surface area contributed by atoms with Crippen molar-refractivity contribution in [2.75, 3.05) is 0 Å². The van der Waals surface area contributed by atoms with Crippen LogP contribution in [0.25, 0.3) is 11.3 Å². The van der Waals surface area contributed by atoms with Gasteiger partial charge < -0.3 is 0 Å². The summed E-state index contributed by atoms with van der Waals surface area (Å²) in [6.45, 7) is 0. The van der Waals surface area contributed by atoms with Crippen molar-refractivity contribution in [1.29, 1.82) is 0 Å². The van der Waals surface area contributed by atoms with Crippen molar-refractivity contribution in [1.82, 2.24) is 10.4 Å². The second-order valence-corrected chi connectivity index (χ2v) is 6.22. The van der Waals surface area contributed by atoms with E-state index in [9.17, 15) is 14.9 Å². The van der Waals surface area contributed by atoms with Gasteiger partial charge in [0.1, 0.15) is 5.01 Å². The van der Waals surface area contributed by atoms with Gasteiger partial charge in [0.2, 0.25) is 5.91 Å². The summed E-state index contributed by atoms with van der Waals surface area (Å²) in [5.74, 6) is -0.339. The maximum absolute atomic E-state index is 12.0. The number of rotatable bonds is 6. The molecule has 1 amide bonds. The van der Waals surface area contributed by atoms with Crippen LogP contribution in [0.2, 0.25) is 0 Å². The average molecular weight is 366 g/mol. The van der Waals surface area contributed by atoms with Gasteiger partial charge in [-0.25, -0.2) is 10.4 Å². The first-order valence-corrected chi connectivity index (χ1v) is 8.56. The fourth-order valence-electron chi connectivity index (χ4n) is 2.25. The number of nitrogens with zero attached hydrogens (tertiary/aromatic N) is 3. The zero-order valence-corrected chi connectivity index (χ0v) is 14.3. The standard InChI is InChI=1S/C18H14N4O3S/c23-17(21-19-11-14-8-4-5-9-16(14)22(24)25)10-18-20-15(12-26-18)13-6-2-1-3-7-13/h1-9,11-12H,10H2,(H,21,23)/b19-11-. The number of aromatic nitrogens is 1. The van der Waals surface area contributed by atoms with E-state index in [0.29, 0.717) is 10.6 Å². The number of amides is 1. The zero-order valence-electron chi connectivity index (χ0n) is 13.5. The molecule has 3 rings (SSSR count). The van der Waals surface area contributed by atoms with Crippen molar-refractivity contribution in [2.45, 2.75) is 6.42 Å². The van der Waals surface area contributed by atoms with Gasteiger partial charge in [-0.05, 0) is 6.07 Å². The van der Waals surface area contributed by atoms with Crippen LogP contribution in [-0.2, 0) is 11.2 Å². The first kappa shape index (κ1) is 17.4. The number of thiazole rings is 1. The minimum Gasteiger partial charge on any atom is -0.273 e. The second kappa shape index (κ2) is 8.13. The summed E-state index contributed by atoms with van der Waals surface area (Å²) < 4.78 is 0. The number of nitro groups is 1. The Balaban J connectivity index is 1.60. The number of nitro benzene ring substituents is 1. The van der Waals surface area contributed by atoms with Crippen LogP contribution in [-0.4, -0.2) is 22.0 Å². The molecule has 3 aromatic rings. The molecule has 0 radical (unpaired) electrons. The van der Waals surface area contributed by atoms with Crippen LogP contribution < -0.4 is 5.43 Å². The lowest BCUT2D eigenvalue weighted by Crippen LogP contribution is -2.19. The van der Waals surface area contributed by atoms with Crippen molar-refractivity contribution >= 4 is 29.1 Å². The molecule has 1 N–H and O–H groups in total. The highest BCUT2D eigenvalue weighted by atomic mass is 32.1. The normalized spacial score (nSPS) is 10.8. The summed E-state index contributed by atoms with van der Waals surface area (Å²) in [6.07, 6.45) is 1.35. The van der Waals surface area contributed by atoms with Gasteiger partial charge >= 0.3 is 0 Å². The summed E-state index contributed by atoms with van der Waals surface area (Å²) in [5, 5.41) is 17.3. The number of benzene rings is 2. The Hall–Kier alpha value is -3.39. The van der Waals surface area contributed by atoms with Crippen LogP contribution in [0.5, 0.6) is 0 Å². The number of hydrazone groups is 1. The summed E-state index contributed by atoms with van der Waals surface area (Å²) in [5.41, 5.74) is 4.43. The Labute approximate surface area is 153 Å². The molecule has 2 aromatic carbocycles. The first-order valence-electron chi connectivity index (χ1n) is 7.68. The predicted molar refractivity (Wildman–Crippen MR) is 100 cm³/mol. The van der Waals surface area contributed by atoms with E-state index in [4.69, 9.17) is 0 Å². The van der Waals surface area contributed by atoms with E-state index in [0.717, 1.165) is 11.3 Å². The van der Waals surface area contributed by atoms with Crippen LogP contribution in [0.1, 0.15) is 10.6 Å². The Kier molecular flexibility index (Phi) is 5.45. The van der Waals surface area contributed by atoms with Crippen molar-refractivity contribution in [3.8, 4) is 11.3 Å². The minimum absolute atomic E-state index is 0.0714. The molecule has 0 aliphatic heterocycles. The third kappa shape index (κ3) is 4.37. The lowest BCUT2D eigenvalue weighted by Gasteiger charge is -1.98. The summed E-state index contributed by atoms with van der Waals surface area (Å²) in [7, 11) is 0. The molecule has 0 fully saturated rings. The molecule has 0 atom stereocenters. The molecule has 1 heterocycles. The maximum Gasteiger partial charge on any atom is 0.278 e. The highest BCUT2D eigenvalue weighted by molar-refractivity contribution is 7.10. The van der Waals surface area contributed by atoms with Gasteiger partial charge in [-0.1, -0.05) is 42.5 Å². The van der Waals surface area contributed by atoms with Crippen LogP contribution >= 0.6 is 11.3 Å². The fraction of sp³-hybridized carbons (Fsp3) is 0.0556. The monoisotopic (exact) mass is 366 g/mol. The number of carbonyl (C=O) groups is 1. The van der Waals surface area contributed by atoms with Gasteiger partial charge in [0.15, 0.2) is 0 Å². The smallest absolute Gasteiger partial charge is 0.273 e. The molecule has 0 bridgehead atoms. The fourth-order valence-corrected chi connectivity index (χ4v) is 3.05. The number of hydrogen-bond acceptors (Lipinski definition) is 6. The van der Waals surface area contributed by atoms with Crippen molar-refractivity contribution in [2.24, 2.45) is 5.10 Å². The van der Waals surface area contributed by atoms with Crippen LogP contribution in [0.4, 0.5) is 5.69 Å². The Bertz CT molecular complexity index is 954. The van der Waals surface area contributed by atoms with Crippen molar-refractivity contribution < 1.29 is 9.72 Å². The van der Waals surface area contributed by atoms with Gasteiger partial charge in [-0.2, -0.15) is 5.10 Å². The first-order chi connectivity index (χ1) is 12.6. The number of hydrogen-bond donors (Lipinski definition) is 1. The van der Waals surface area contributed by atoms with E-state index in [1.54, 1.807) is 18.2 Å². The molecule has 0 spiro atoms. The van der Waals surface area contributed by atoms with Gasteiger partial charge in [-0.3, -0.25) is 14.9 Å². The Morgan fingerprint density at radius 3 is 2.69 bits per heavy atom. The number of carbonyl (C=O) groups excluding carboxylic acids is 1. The topological polar surface area (TPSA) is 97.5 Å². The number of para-hydroxylation sites is 1. The minimum atomic E-state index is -0.496. The van der Waals surface area contributed by atoms with E-state index in [1.165, 1.54) is 23.6 Å². The molecule has 0 aliphatic carbocycles. The van der Waals surface area contributed by atoms with Crippen LogP contribution in [0.3, 0.4) is 0 Å². The van der Waals surface area contributed by atoms with Gasteiger partial charge in [0.25, 0.3) is 5.69 Å². The molecular weight excluding hydrogens is 352 g/mol. The third-order valence-corrected chi connectivity index (χ3v) is 4.31. The Morgan fingerprint density at radius 1 is 1.19 bits per heavy atom. The lowest BCUT2D eigenvalue weighted by molar-refractivity contribution is -0.385. The highest BCUT2D eigenvalue weighted by Gasteiger charge is 2.11. The van der Waals surface area contributed by atoms with E-state index in [-0.39, 0.29) is 18.0 Å². The second-order valence-electron chi connectivity index (χ2n) is 5.28. The molecule has 0 saturated heterocycles. The molecule has 0 saturated carbocycles. The van der Waals surface area contributed by atoms with E-state index < -0.39 is 4.92 Å².